The van der Waals surface area contributed by atoms with Crippen molar-refractivity contribution in [3.63, 3.8) is 0 Å². The Kier molecular flexibility index (Phi) is 4.62. The number of carbonyl (C=O) groups excluding carboxylic acids is 1. The molecule has 30 heavy (non-hydrogen) atoms. The lowest BCUT2D eigenvalue weighted by atomic mass is 10.1. The van der Waals surface area contributed by atoms with E-state index in [0.29, 0.717) is 29.9 Å². The van der Waals surface area contributed by atoms with Gasteiger partial charge in [0.1, 0.15) is 28.7 Å². The Morgan fingerprint density at radius 2 is 1.97 bits per heavy atom. The molecule has 1 aliphatic heterocycles. The predicted octanol–water partition coefficient (Wildman–Crippen LogP) is 3.23. The van der Waals surface area contributed by atoms with Crippen molar-refractivity contribution in [2.24, 2.45) is 0 Å². The molecule has 5 rings (SSSR count). The third-order valence-electron chi connectivity index (χ3n) is 5.05. The summed E-state index contributed by atoms with van der Waals surface area (Å²) in [5.41, 5.74) is 1.58. The summed E-state index contributed by atoms with van der Waals surface area (Å²) in [7, 11) is 0. The lowest BCUT2D eigenvalue weighted by Gasteiger charge is -2.32. The van der Waals surface area contributed by atoms with Crippen LogP contribution in [0.25, 0.3) is 16.8 Å². The Bertz CT molecular complexity index is 1160. The number of piperidine rings is 1. The zero-order valence-corrected chi connectivity index (χ0v) is 15.9. The lowest BCUT2D eigenvalue weighted by molar-refractivity contribution is 0.0459. The molecule has 3 heterocycles. The molecule has 0 aliphatic carbocycles. The number of likely N-dealkylation sites (tertiary alicyclic amines) is 1. The quantitative estimate of drug-likeness (QED) is 0.516. The van der Waals surface area contributed by atoms with Gasteiger partial charge in [-0.05, 0) is 37.1 Å². The average Bonchev–Trinajstić information content (AvgIpc) is 3.43. The maximum atomic E-state index is 14.6. The van der Waals surface area contributed by atoms with Crippen molar-refractivity contribution in [3.05, 3.63) is 66.2 Å². The second kappa shape index (κ2) is 7.58. The zero-order valence-electron chi connectivity index (χ0n) is 15.9. The van der Waals surface area contributed by atoms with Gasteiger partial charge in [-0.1, -0.05) is 18.2 Å². The van der Waals surface area contributed by atoms with Gasteiger partial charge in [-0.25, -0.2) is 4.39 Å². The van der Waals surface area contributed by atoms with Crippen LogP contribution < -0.4 is 4.74 Å². The summed E-state index contributed by atoms with van der Waals surface area (Å²) in [5.74, 6) is -1.04. The van der Waals surface area contributed by atoms with Crippen LogP contribution in [0.4, 0.5) is 4.39 Å². The fraction of sp³-hybridized carbons (Fsp3) is 0.238. The third-order valence-corrected chi connectivity index (χ3v) is 5.05. The second-order valence-electron chi connectivity index (χ2n) is 7.03. The molecule has 0 N–H and O–H groups in total. The minimum Gasteiger partial charge on any atom is -0.445 e. The van der Waals surface area contributed by atoms with Crippen LogP contribution in [0.2, 0.25) is 0 Å². The van der Waals surface area contributed by atoms with Crippen LogP contribution in [-0.4, -0.2) is 50.0 Å². The summed E-state index contributed by atoms with van der Waals surface area (Å²) in [6.45, 7) is 0.810. The number of nitrogens with zero attached hydrogens (tertiary/aromatic N) is 5. The number of hydrogen-bond donors (Lipinski definition) is 0. The number of amides is 1. The summed E-state index contributed by atoms with van der Waals surface area (Å²) in [6, 6.07) is 11.8. The number of carbonyl (C=O) groups is 1. The first-order valence-corrected chi connectivity index (χ1v) is 9.66. The van der Waals surface area contributed by atoms with Crippen LogP contribution in [0.15, 0.2) is 59.3 Å². The first-order valence-electron chi connectivity index (χ1n) is 9.66. The van der Waals surface area contributed by atoms with Crippen LogP contribution in [0, 0.1) is 5.82 Å². The minimum absolute atomic E-state index is 0.0591. The van der Waals surface area contributed by atoms with Crippen molar-refractivity contribution in [3.8, 4) is 11.8 Å². The second-order valence-corrected chi connectivity index (χ2v) is 7.03. The number of benzene rings is 2. The molecule has 1 amide bonds. The van der Waals surface area contributed by atoms with E-state index in [9.17, 15) is 9.18 Å². The molecule has 0 saturated carbocycles. The van der Waals surface area contributed by atoms with Crippen molar-refractivity contribution < 1.29 is 18.3 Å². The molecule has 8 nitrogen and oxygen atoms in total. The number of oxazole rings is 1. The summed E-state index contributed by atoms with van der Waals surface area (Å²) in [6.07, 6.45) is 4.29. The number of para-hydroxylation sites is 2. The van der Waals surface area contributed by atoms with E-state index >= 15 is 0 Å². The summed E-state index contributed by atoms with van der Waals surface area (Å²) >= 11 is 0. The maximum absolute atomic E-state index is 14.6. The molecule has 0 spiro atoms. The molecular formula is C21H18FN5O3. The monoisotopic (exact) mass is 407 g/mol. The number of ether oxygens (including phenoxy) is 1. The fourth-order valence-corrected chi connectivity index (χ4v) is 3.65. The van der Waals surface area contributed by atoms with Gasteiger partial charge in [-0.3, -0.25) is 4.79 Å². The number of rotatable bonds is 4. The molecule has 9 heteroatoms. The summed E-state index contributed by atoms with van der Waals surface area (Å²) in [4.78, 5) is 20.4. The summed E-state index contributed by atoms with van der Waals surface area (Å²) < 4.78 is 26.2. The maximum Gasteiger partial charge on any atom is 0.394 e. The van der Waals surface area contributed by atoms with E-state index in [2.05, 4.69) is 15.2 Å². The van der Waals surface area contributed by atoms with Crippen LogP contribution >= 0.6 is 0 Å². The molecule has 152 valence electrons. The highest BCUT2D eigenvalue weighted by molar-refractivity contribution is 5.98. The van der Waals surface area contributed by atoms with Gasteiger partial charge in [-0.15, -0.1) is 0 Å². The summed E-state index contributed by atoms with van der Waals surface area (Å²) in [5, 5.41) is 8.06. The van der Waals surface area contributed by atoms with Gasteiger partial charge in [0.05, 0.1) is 18.9 Å². The highest BCUT2D eigenvalue weighted by Gasteiger charge is 2.30. The average molecular weight is 407 g/mol. The minimum atomic E-state index is -0.614. The van der Waals surface area contributed by atoms with Crippen molar-refractivity contribution >= 4 is 17.0 Å². The largest absolute Gasteiger partial charge is 0.445 e. The molecule has 2 aromatic carbocycles. The van der Waals surface area contributed by atoms with Gasteiger partial charge in [0.15, 0.2) is 5.58 Å². The van der Waals surface area contributed by atoms with Crippen LogP contribution in [0.3, 0.4) is 0 Å². The molecule has 1 unspecified atom stereocenters. The molecule has 1 fully saturated rings. The predicted molar refractivity (Wildman–Crippen MR) is 105 cm³/mol. The van der Waals surface area contributed by atoms with Crippen LogP contribution in [0.1, 0.15) is 23.2 Å². The van der Waals surface area contributed by atoms with Gasteiger partial charge in [-0.2, -0.15) is 20.0 Å². The molecule has 0 radical (unpaired) electrons. The van der Waals surface area contributed by atoms with Crippen LogP contribution in [0.5, 0.6) is 6.08 Å². The zero-order chi connectivity index (χ0) is 20.5. The number of hydrogen-bond acceptors (Lipinski definition) is 6. The van der Waals surface area contributed by atoms with E-state index in [0.717, 1.165) is 12.8 Å². The molecule has 4 aromatic rings. The first-order chi connectivity index (χ1) is 14.7. The van der Waals surface area contributed by atoms with E-state index < -0.39 is 11.7 Å². The van der Waals surface area contributed by atoms with Gasteiger partial charge in [0, 0.05) is 6.54 Å². The first kappa shape index (κ1) is 18.3. The highest BCUT2D eigenvalue weighted by atomic mass is 19.1. The Labute approximate surface area is 170 Å². The third kappa shape index (κ3) is 3.38. The number of aromatic nitrogens is 4. The Morgan fingerprint density at radius 3 is 2.80 bits per heavy atom. The molecule has 1 saturated heterocycles. The number of halogens is 1. The lowest BCUT2D eigenvalue weighted by Crippen LogP contribution is -2.45. The fourth-order valence-electron chi connectivity index (χ4n) is 3.65. The van der Waals surface area contributed by atoms with E-state index in [1.54, 1.807) is 11.0 Å². The van der Waals surface area contributed by atoms with Gasteiger partial charge in [0.25, 0.3) is 5.91 Å². The van der Waals surface area contributed by atoms with E-state index in [-0.39, 0.29) is 17.7 Å². The molecule has 0 bridgehead atoms. The van der Waals surface area contributed by atoms with Crippen molar-refractivity contribution in [2.45, 2.75) is 18.9 Å². The Hall–Kier alpha value is -3.75. The molecule has 1 aliphatic rings. The molecular weight excluding hydrogens is 389 g/mol. The topological polar surface area (TPSA) is 86.3 Å². The van der Waals surface area contributed by atoms with Crippen LogP contribution in [-0.2, 0) is 0 Å². The highest BCUT2D eigenvalue weighted by Crippen LogP contribution is 2.25. The Morgan fingerprint density at radius 1 is 1.13 bits per heavy atom. The van der Waals surface area contributed by atoms with Gasteiger partial charge < -0.3 is 14.1 Å². The van der Waals surface area contributed by atoms with E-state index in [4.69, 9.17) is 9.15 Å². The standard InChI is InChI=1S/C21H18FN5O3/c22-15-6-3-8-17(27-23-10-11-24-27)19(15)20(28)26-12-4-5-14(13-26)29-21-25-16-7-1-2-9-18(16)30-21/h1-3,6-11,14H,4-5,12-13H2. The van der Waals surface area contributed by atoms with Gasteiger partial charge >= 0.3 is 6.08 Å². The van der Waals surface area contributed by atoms with Crippen molar-refractivity contribution in [1.29, 1.82) is 0 Å². The smallest absolute Gasteiger partial charge is 0.394 e. The Balaban J connectivity index is 1.37. The van der Waals surface area contributed by atoms with E-state index in [1.165, 1.54) is 29.3 Å². The van der Waals surface area contributed by atoms with Gasteiger partial charge in [0.2, 0.25) is 0 Å². The molecule has 1 atom stereocenters. The van der Waals surface area contributed by atoms with E-state index in [1.807, 2.05) is 24.3 Å². The van der Waals surface area contributed by atoms with Crippen molar-refractivity contribution in [2.75, 3.05) is 13.1 Å². The van der Waals surface area contributed by atoms with Crippen molar-refractivity contribution in [1.82, 2.24) is 24.9 Å². The number of fused-ring (bicyclic) bond motifs is 1. The SMILES string of the molecule is O=C(c1c(F)cccc1-n1nccn1)N1CCCC(Oc2nc3ccccc3o2)C1. The normalized spacial score (nSPS) is 16.7. The molecule has 2 aromatic heterocycles.